The van der Waals surface area contributed by atoms with Gasteiger partial charge in [-0.15, -0.1) is 0 Å². The number of H-pyrrole nitrogens is 1. The average Bonchev–Trinajstić information content (AvgIpc) is 2.94. The van der Waals surface area contributed by atoms with Gasteiger partial charge in [-0.05, 0) is 54.4 Å². The number of hydrogen-bond donors (Lipinski definition) is 1. The van der Waals surface area contributed by atoms with Crippen molar-refractivity contribution in [2.75, 3.05) is 0 Å². The first-order valence-corrected chi connectivity index (χ1v) is 8.02. The summed E-state index contributed by atoms with van der Waals surface area (Å²) in [6.45, 7) is 1.98. The van der Waals surface area contributed by atoms with Crippen molar-refractivity contribution < 1.29 is 4.74 Å². The molecular weight excluding hydrogens is 318 g/mol. The number of nitrogens with one attached hydrogen (secondary N) is 1. The van der Waals surface area contributed by atoms with E-state index in [1.165, 1.54) is 11.5 Å². The number of halogens is 1. The van der Waals surface area contributed by atoms with Gasteiger partial charge in [0.25, 0.3) is 5.56 Å². The van der Waals surface area contributed by atoms with Crippen LogP contribution in [0.15, 0.2) is 59.4 Å². The lowest BCUT2D eigenvalue weighted by Crippen LogP contribution is -2.02. The highest BCUT2D eigenvalue weighted by Gasteiger charge is 2.08. The molecule has 1 N–H and O–H groups in total. The van der Waals surface area contributed by atoms with Gasteiger partial charge < -0.3 is 4.74 Å². The van der Waals surface area contributed by atoms with E-state index in [-0.39, 0.29) is 11.7 Å². The van der Waals surface area contributed by atoms with Crippen molar-refractivity contribution in [3.8, 4) is 16.2 Å². The molecule has 0 spiro atoms. The molecule has 3 nitrogen and oxygen atoms in total. The summed E-state index contributed by atoms with van der Waals surface area (Å²) in [4.78, 5) is 12.1. The second kappa shape index (κ2) is 6.38. The van der Waals surface area contributed by atoms with Gasteiger partial charge in [0.05, 0.1) is 4.88 Å². The van der Waals surface area contributed by atoms with Crippen LogP contribution in [0.25, 0.3) is 10.4 Å². The predicted molar refractivity (Wildman–Crippen MR) is 90.9 cm³/mol. The monoisotopic (exact) mass is 331 g/mol. The van der Waals surface area contributed by atoms with E-state index in [1.54, 1.807) is 6.07 Å². The number of ether oxygens (including phenoxy) is 1. The Hall–Kier alpha value is -2.04. The summed E-state index contributed by atoms with van der Waals surface area (Å²) in [5.41, 5.74) is 1.95. The van der Waals surface area contributed by atoms with Crippen LogP contribution in [0, 0.1) is 0 Å². The molecule has 0 radical (unpaired) electrons. The molecule has 0 bridgehead atoms. The normalized spacial score (nSPS) is 12.1. The number of aromatic amines is 1. The first kappa shape index (κ1) is 14.9. The lowest BCUT2D eigenvalue weighted by Gasteiger charge is -2.15. The van der Waals surface area contributed by atoms with Crippen LogP contribution in [0.2, 0.25) is 5.02 Å². The summed E-state index contributed by atoms with van der Waals surface area (Å²) in [5.74, 6) is 0.777. The van der Waals surface area contributed by atoms with Crippen LogP contribution >= 0.6 is 23.1 Å². The Balaban J connectivity index is 1.74. The SMILES string of the molecule is C[C@@H](Oc1ccc(-c2cc(=O)[nH]s2)cc1)c1cccc(Cl)c1. The summed E-state index contributed by atoms with van der Waals surface area (Å²) >= 11 is 7.33. The molecule has 0 unspecified atom stereocenters. The van der Waals surface area contributed by atoms with Crippen LogP contribution in [0.5, 0.6) is 5.75 Å². The van der Waals surface area contributed by atoms with Crippen LogP contribution in [0.3, 0.4) is 0 Å². The Labute approximate surface area is 137 Å². The highest BCUT2D eigenvalue weighted by atomic mass is 35.5. The van der Waals surface area contributed by atoms with Gasteiger partial charge in [-0.2, -0.15) is 0 Å². The molecular formula is C17H14ClNO2S. The van der Waals surface area contributed by atoms with E-state index in [9.17, 15) is 4.79 Å². The third kappa shape index (κ3) is 3.40. The van der Waals surface area contributed by atoms with Gasteiger partial charge in [0.1, 0.15) is 11.9 Å². The zero-order chi connectivity index (χ0) is 15.5. The third-order valence-corrected chi connectivity index (χ3v) is 4.41. The number of hydrogen-bond acceptors (Lipinski definition) is 3. The molecule has 0 saturated carbocycles. The van der Waals surface area contributed by atoms with Crippen LogP contribution in [0.1, 0.15) is 18.6 Å². The quantitative estimate of drug-likeness (QED) is 0.739. The summed E-state index contributed by atoms with van der Waals surface area (Å²) in [5, 5.41) is 0.700. The summed E-state index contributed by atoms with van der Waals surface area (Å²) < 4.78 is 8.61. The largest absolute Gasteiger partial charge is 0.486 e. The molecule has 1 aromatic heterocycles. The summed E-state index contributed by atoms with van der Waals surface area (Å²) in [6.07, 6.45) is -0.0899. The molecule has 3 aromatic rings. The highest BCUT2D eigenvalue weighted by Crippen LogP contribution is 2.27. The molecule has 0 aliphatic heterocycles. The molecule has 3 rings (SSSR count). The van der Waals surface area contributed by atoms with Gasteiger partial charge in [-0.3, -0.25) is 9.17 Å². The van der Waals surface area contributed by atoms with Crippen molar-refractivity contribution in [1.29, 1.82) is 0 Å². The maximum atomic E-state index is 11.2. The van der Waals surface area contributed by atoms with E-state index in [0.29, 0.717) is 5.02 Å². The third-order valence-electron chi connectivity index (χ3n) is 3.29. The van der Waals surface area contributed by atoms with Crippen molar-refractivity contribution >= 4 is 23.1 Å². The lowest BCUT2D eigenvalue weighted by atomic mass is 10.1. The van der Waals surface area contributed by atoms with E-state index in [2.05, 4.69) is 4.37 Å². The van der Waals surface area contributed by atoms with Crippen molar-refractivity contribution in [3.05, 3.63) is 75.5 Å². The second-order valence-corrected chi connectivity index (χ2v) is 6.20. The van der Waals surface area contributed by atoms with Gasteiger partial charge in [0, 0.05) is 11.1 Å². The smallest absolute Gasteiger partial charge is 0.258 e. The lowest BCUT2D eigenvalue weighted by molar-refractivity contribution is 0.227. The maximum Gasteiger partial charge on any atom is 0.258 e. The maximum absolute atomic E-state index is 11.2. The number of aromatic nitrogens is 1. The van der Waals surface area contributed by atoms with Gasteiger partial charge in [-0.25, -0.2) is 0 Å². The molecule has 0 fully saturated rings. The molecule has 0 aliphatic carbocycles. The molecule has 5 heteroatoms. The molecule has 22 heavy (non-hydrogen) atoms. The summed E-state index contributed by atoms with van der Waals surface area (Å²) in [7, 11) is 0. The highest BCUT2D eigenvalue weighted by molar-refractivity contribution is 7.09. The molecule has 0 aliphatic rings. The predicted octanol–water partition coefficient (Wildman–Crippen LogP) is 4.90. The van der Waals surface area contributed by atoms with E-state index in [4.69, 9.17) is 16.3 Å². The van der Waals surface area contributed by atoms with Gasteiger partial charge in [0.2, 0.25) is 0 Å². The first-order chi connectivity index (χ1) is 10.6. The Morgan fingerprint density at radius 3 is 2.55 bits per heavy atom. The molecule has 0 amide bonds. The minimum absolute atomic E-state index is 0.0742. The standard InChI is InChI=1S/C17H14ClNO2S/c1-11(13-3-2-4-14(18)9-13)21-15-7-5-12(6-8-15)16-10-17(20)19-22-16/h2-11H,1H3,(H,19,20)/t11-/m1/s1. The van der Waals surface area contributed by atoms with Gasteiger partial charge in [0.15, 0.2) is 0 Å². The Kier molecular flexibility index (Phi) is 4.32. The fraction of sp³-hybridized carbons (Fsp3) is 0.118. The zero-order valence-electron chi connectivity index (χ0n) is 11.9. The average molecular weight is 332 g/mol. The van der Waals surface area contributed by atoms with E-state index < -0.39 is 0 Å². The molecule has 0 saturated heterocycles. The number of benzene rings is 2. The zero-order valence-corrected chi connectivity index (χ0v) is 13.4. The number of rotatable bonds is 4. The van der Waals surface area contributed by atoms with Crippen molar-refractivity contribution in [3.63, 3.8) is 0 Å². The Morgan fingerprint density at radius 1 is 1.14 bits per heavy atom. The van der Waals surface area contributed by atoms with Gasteiger partial charge in [-0.1, -0.05) is 35.3 Å². The minimum atomic E-state index is -0.0899. The van der Waals surface area contributed by atoms with E-state index >= 15 is 0 Å². The Morgan fingerprint density at radius 2 is 1.91 bits per heavy atom. The minimum Gasteiger partial charge on any atom is -0.486 e. The topological polar surface area (TPSA) is 42.1 Å². The van der Waals surface area contributed by atoms with Crippen molar-refractivity contribution in [1.82, 2.24) is 4.37 Å². The van der Waals surface area contributed by atoms with Crippen LogP contribution in [0.4, 0.5) is 0 Å². The summed E-state index contributed by atoms with van der Waals surface area (Å²) in [6, 6.07) is 16.9. The van der Waals surface area contributed by atoms with Crippen molar-refractivity contribution in [2.45, 2.75) is 13.0 Å². The molecule has 1 atom stereocenters. The van der Waals surface area contributed by atoms with E-state index in [1.807, 2.05) is 55.5 Å². The van der Waals surface area contributed by atoms with Crippen LogP contribution < -0.4 is 10.3 Å². The fourth-order valence-corrected chi connectivity index (χ4v) is 3.04. The van der Waals surface area contributed by atoms with Crippen LogP contribution in [-0.4, -0.2) is 4.37 Å². The fourth-order valence-electron chi connectivity index (χ4n) is 2.15. The van der Waals surface area contributed by atoms with Gasteiger partial charge >= 0.3 is 0 Å². The van der Waals surface area contributed by atoms with E-state index in [0.717, 1.165) is 21.8 Å². The molecule has 112 valence electrons. The van der Waals surface area contributed by atoms with Crippen molar-refractivity contribution in [2.24, 2.45) is 0 Å². The Bertz CT molecular complexity index is 823. The molecule has 2 aromatic carbocycles. The van der Waals surface area contributed by atoms with Crippen LogP contribution in [-0.2, 0) is 0 Å². The first-order valence-electron chi connectivity index (χ1n) is 6.83. The molecule has 1 heterocycles. The second-order valence-electron chi connectivity index (χ2n) is 4.92.